The van der Waals surface area contributed by atoms with Gasteiger partial charge >= 0.3 is 0 Å². The Morgan fingerprint density at radius 2 is 2.29 bits per heavy atom. The first-order chi connectivity index (χ1) is 6.65. The SMILES string of the molecule is Cc1cc(N)n(Cc2csc(C)n2)n1. The van der Waals surface area contributed by atoms with Crippen LogP contribution in [0.1, 0.15) is 16.4 Å². The molecule has 2 rings (SSSR count). The molecular weight excluding hydrogens is 196 g/mol. The monoisotopic (exact) mass is 208 g/mol. The van der Waals surface area contributed by atoms with Crippen LogP contribution in [-0.4, -0.2) is 14.8 Å². The van der Waals surface area contributed by atoms with Crippen LogP contribution < -0.4 is 5.73 Å². The summed E-state index contributed by atoms with van der Waals surface area (Å²) < 4.78 is 1.77. The highest BCUT2D eigenvalue weighted by molar-refractivity contribution is 7.09. The topological polar surface area (TPSA) is 56.7 Å². The zero-order valence-electron chi connectivity index (χ0n) is 8.19. The van der Waals surface area contributed by atoms with Crippen LogP contribution in [0.25, 0.3) is 0 Å². The first-order valence-corrected chi connectivity index (χ1v) is 5.24. The predicted molar refractivity (Wildman–Crippen MR) is 57.3 cm³/mol. The maximum absolute atomic E-state index is 5.77. The van der Waals surface area contributed by atoms with E-state index in [-0.39, 0.29) is 0 Å². The van der Waals surface area contributed by atoms with Gasteiger partial charge in [-0.1, -0.05) is 0 Å². The van der Waals surface area contributed by atoms with Gasteiger partial charge in [0.05, 0.1) is 22.9 Å². The van der Waals surface area contributed by atoms with Gasteiger partial charge in [0, 0.05) is 11.4 Å². The maximum Gasteiger partial charge on any atom is 0.122 e. The van der Waals surface area contributed by atoms with Crippen LogP contribution in [0.5, 0.6) is 0 Å². The minimum Gasteiger partial charge on any atom is -0.384 e. The summed E-state index contributed by atoms with van der Waals surface area (Å²) in [5.41, 5.74) is 7.73. The molecule has 0 saturated carbocycles. The van der Waals surface area contributed by atoms with Crippen molar-refractivity contribution in [2.24, 2.45) is 0 Å². The molecule has 74 valence electrons. The van der Waals surface area contributed by atoms with Crippen LogP contribution in [0.3, 0.4) is 0 Å². The molecule has 14 heavy (non-hydrogen) atoms. The van der Waals surface area contributed by atoms with E-state index in [0.29, 0.717) is 12.4 Å². The molecule has 0 aliphatic heterocycles. The molecule has 2 heterocycles. The number of hydrogen-bond acceptors (Lipinski definition) is 4. The largest absolute Gasteiger partial charge is 0.384 e. The molecule has 5 heteroatoms. The summed E-state index contributed by atoms with van der Waals surface area (Å²) >= 11 is 1.64. The van der Waals surface area contributed by atoms with Crippen molar-refractivity contribution in [3.8, 4) is 0 Å². The molecule has 2 N–H and O–H groups in total. The van der Waals surface area contributed by atoms with Gasteiger partial charge in [-0.25, -0.2) is 9.67 Å². The fraction of sp³-hybridized carbons (Fsp3) is 0.333. The first-order valence-electron chi connectivity index (χ1n) is 4.36. The van der Waals surface area contributed by atoms with Gasteiger partial charge in [0.15, 0.2) is 0 Å². The minimum absolute atomic E-state index is 0.657. The van der Waals surface area contributed by atoms with E-state index < -0.39 is 0 Å². The molecule has 0 aliphatic rings. The van der Waals surface area contributed by atoms with Gasteiger partial charge in [-0.3, -0.25) is 0 Å². The number of thiazole rings is 1. The van der Waals surface area contributed by atoms with E-state index in [2.05, 4.69) is 10.1 Å². The summed E-state index contributed by atoms with van der Waals surface area (Å²) in [5.74, 6) is 0.688. The number of nitrogens with zero attached hydrogens (tertiary/aromatic N) is 3. The average molecular weight is 208 g/mol. The van der Waals surface area contributed by atoms with E-state index in [9.17, 15) is 0 Å². The Balaban J connectivity index is 2.22. The summed E-state index contributed by atoms with van der Waals surface area (Å²) in [5, 5.41) is 7.38. The Hall–Kier alpha value is -1.36. The maximum atomic E-state index is 5.77. The Morgan fingerprint density at radius 3 is 2.79 bits per heavy atom. The van der Waals surface area contributed by atoms with Crippen LogP contribution in [0.4, 0.5) is 5.82 Å². The lowest BCUT2D eigenvalue weighted by Crippen LogP contribution is -2.06. The number of aromatic nitrogens is 3. The number of aryl methyl sites for hydroxylation is 2. The first kappa shape index (κ1) is 9.21. The third-order valence-electron chi connectivity index (χ3n) is 1.91. The molecule has 0 bridgehead atoms. The Bertz CT molecular complexity index is 443. The van der Waals surface area contributed by atoms with Crippen LogP contribution in [-0.2, 0) is 6.54 Å². The van der Waals surface area contributed by atoms with Crippen molar-refractivity contribution in [1.29, 1.82) is 0 Å². The van der Waals surface area contributed by atoms with Crippen molar-refractivity contribution in [1.82, 2.24) is 14.8 Å². The molecule has 0 radical (unpaired) electrons. The summed E-state index contributed by atoms with van der Waals surface area (Å²) in [7, 11) is 0. The fourth-order valence-electron chi connectivity index (χ4n) is 1.33. The van der Waals surface area contributed by atoms with Crippen molar-refractivity contribution in [2.75, 3.05) is 5.73 Å². The van der Waals surface area contributed by atoms with Crippen LogP contribution in [0, 0.1) is 13.8 Å². The minimum atomic E-state index is 0.657. The molecule has 4 nitrogen and oxygen atoms in total. The summed E-state index contributed by atoms with van der Waals surface area (Å²) in [4.78, 5) is 4.36. The Kier molecular flexibility index (Phi) is 2.25. The molecule has 0 aliphatic carbocycles. The molecule has 0 atom stereocenters. The number of rotatable bonds is 2. The zero-order chi connectivity index (χ0) is 10.1. The van der Waals surface area contributed by atoms with Crippen LogP contribution in [0.2, 0.25) is 0 Å². The summed E-state index contributed by atoms with van der Waals surface area (Å²) in [6, 6.07) is 1.86. The number of hydrogen-bond donors (Lipinski definition) is 1. The van der Waals surface area contributed by atoms with Gasteiger partial charge < -0.3 is 5.73 Å². The van der Waals surface area contributed by atoms with Crippen molar-refractivity contribution >= 4 is 17.2 Å². The molecule has 2 aromatic heterocycles. The van der Waals surface area contributed by atoms with E-state index in [0.717, 1.165) is 16.4 Å². The highest BCUT2D eigenvalue weighted by Gasteiger charge is 2.04. The molecule has 0 unspecified atom stereocenters. The van der Waals surface area contributed by atoms with Gasteiger partial charge in [-0.05, 0) is 13.8 Å². The predicted octanol–water partition coefficient (Wildman–Crippen LogP) is 1.59. The highest BCUT2D eigenvalue weighted by atomic mass is 32.1. The van der Waals surface area contributed by atoms with Crippen molar-refractivity contribution in [3.63, 3.8) is 0 Å². The third kappa shape index (κ3) is 1.77. The van der Waals surface area contributed by atoms with E-state index in [1.165, 1.54) is 0 Å². The van der Waals surface area contributed by atoms with E-state index in [1.807, 2.05) is 25.3 Å². The lowest BCUT2D eigenvalue weighted by atomic mass is 10.4. The average Bonchev–Trinajstić information content (AvgIpc) is 2.61. The lowest BCUT2D eigenvalue weighted by molar-refractivity contribution is 0.677. The Morgan fingerprint density at radius 1 is 1.50 bits per heavy atom. The van der Waals surface area contributed by atoms with Crippen molar-refractivity contribution in [3.05, 3.63) is 27.8 Å². The lowest BCUT2D eigenvalue weighted by Gasteiger charge is -1.99. The van der Waals surface area contributed by atoms with E-state index >= 15 is 0 Å². The van der Waals surface area contributed by atoms with Gasteiger partial charge in [0.1, 0.15) is 5.82 Å². The number of anilines is 1. The molecule has 0 fully saturated rings. The fourth-order valence-corrected chi connectivity index (χ4v) is 1.93. The quantitative estimate of drug-likeness (QED) is 0.815. The third-order valence-corrected chi connectivity index (χ3v) is 2.73. The molecular formula is C9H12N4S. The molecule has 0 amide bonds. The second-order valence-electron chi connectivity index (χ2n) is 3.23. The normalized spacial score (nSPS) is 10.7. The molecule has 0 saturated heterocycles. The summed E-state index contributed by atoms with van der Waals surface area (Å²) in [6.07, 6.45) is 0. The zero-order valence-corrected chi connectivity index (χ0v) is 9.01. The van der Waals surface area contributed by atoms with Crippen molar-refractivity contribution in [2.45, 2.75) is 20.4 Å². The summed E-state index contributed by atoms with van der Waals surface area (Å²) in [6.45, 7) is 4.58. The van der Waals surface area contributed by atoms with Crippen molar-refractivity contribution < 1.29 is 0 Å². The molecule has 0 aromatic carbocycles. The smallest absolute Gasteiger partial charge is 0.122 e. The second-order valence-corrected chi connectivity index (χ2v) is 4.29. The van der Waals surface area contributed by atoms with Crippen LogP contribution >= 0.6 is 11.3 Å². The second kappa shape index (κ2) is 3.42. The number of nitrogens with two attached hydrogens (primary N) is 1. The highest BCUT2D eigenvalue weighted by Crippen LogP contribution is 2.12. The van der Waals surface area contributed by atoms with Gasteiger partial charge in [-0.2, -0.15) is 5.10 Å². The van der Waals surface area contributed by atoms with E-state index in [4.69, 9.17) is 5.73 Å². The Labute approximate surface area is 86.4 Å². The van der Waals surface area contributed by atoms with Crippen LogP contribution in [0.15, 0.2) is 11.4 Å². The van der Waals surface area contributed by atoms with Gasteiger partial charge in [0.2, 0.25) is 0 Å². The van der Waals surface area contributed by atoms with Gasteiger partial charge in [-0.15, -0.1) is 11.3 Å². The standard InChI is InChI=1S/C9H12N4S/c1-6-3-9(10)13(12-6)4-8-5-14-7(2)11-8/h3,5H,4,10H2,1-2H3. The molecule has 0 spiro atoms. The molecule has 2 aromatic rings. The van der Waals surface area contributed by atoms with E-state index in [1.54, 1.807) is 16.0 Å². The number of nitrogen functional groups attached to an aromatic ring is 1. The van der Waals surface area contributed by atoms with Gasteiger partial charge in [0.25, 0.3) is 0 Å².